The first-order valence-corrected chi connectivity index (χ1v) is 7.71. The molecule has 3 rings (SSSR count). The van der Waals surface area contributed by atoms with Gasteiger partial charge in [-0.2, -0.15) is 0 Å². The Morgan fingerprint density at radius 2 is 2.04 bits per heavy atom. The molecule has 1 amide bonds. The molecule has 0 atom stereocenters. The van der Waals surface area contributed by atoms with Crippen LogP contribution in [-0.2, 0) is 0 Å². The first-order valence-electron chi connectivity index (χ1n) is 7.71. The smallest absolute Gasteiger partial charge is 0.251 e. The van der Waals surface area contributed by atoms with Gasteiger partial charge in [-0.05, 0) is 36.8 Å². The minimum Gasteiger partial charge on any atom is -0.375 e. The minimum atomic E-state index is -0.0520. The molecule has 0 aliphatic rings. The Balaban J connectivity index is 1.47. The van der Waals surface area contributed by atoms with Gasteiger partial charge in [0.1, 0.15) is 0 Å². The number of H-pyrrole nitrogens is 1. The van der Waals surface area contributed by atoms with Crippen LogP contribution in [0.15, 0.2) is 54.9 Å². The summed E-state index contributed by atoms with van der Waals surface area (Å²) in [5.41, 5.74) is 3.58. The maximum Gasteiger partial charge on any atom is 0.251 e. The zero-order valence-electron chi connectivity index (χ0n) is 13.1. The van der Waals surface area contributed by atoms with Crippen LogP contribution in [0.1, 0.15) is 16.8 Å². The third kappa shape index (κ3) is 3.69. The molecule has 0 spiro atoms. The van der Waals surface area contributed by atoms with E-state index >= 15 is 0 Å². The molecule has 0 radical (unpaired) electrons. The number of anilines is 1. The molecule has 23 heavy (non-hydrogen) atoms. The highest BCUT2D eigenvalue weighted by atomic mass is 16.1. The number of imidazole rings is 1. The van der Waals surface area contributed by atoms with E-state index in [1.807, 2.05) is 30.3 Å². The van der Waals surface area contributed by atoms with Gasteiger partial charge >= 0.3 is 0 Å². The summed E-state index contributed by atoms with van der Waals surface area (Å²) in [5.74, 6) is -0.0520. The normalized spacial score (nSPS) is 10.7. The van der Waals surface area contributed by atoms with Gasteiger partial charge in [0.05, 0.1) is 17.4 Å². The van der Waals surface area contributed by atoms with Gasteiger partial charge in [-0.25, -0.2) is 4.98 Å². The predicted octanol–water partition coefficient (Wildman–Crippen LogP) is 2.82. The van der Waals surface area contributed by atoms with E-state index in [4.69, 9.17) is 0 Å². The van der Waals surface area contributed by atoms with E-state index in [9.17, 15) is 4.79 Å². The molecule has 0 saturated carbocycles. The number of fused-ring (bicyclic) bond motifs is 1. The topological polar surface area (TPSA) is 61.0 Å². The number of carbonyl (C=O) groups is 1. The quantitative estimate of drug-likeness (QED) is 0.688. The summed E-state index contributed by atoms with van der Waals surface area (Å²) in [6, 6.07) is 15.7. The van der Waals surface area contributed by atoms with Crippen LogP contribution in [-0.4, -0.2) is 36.0 Å². The third-order valence-corrected chi connectivity index (χ3v) is 3.84. The maximum absolute atomic E-state index is 12.2. The molecule has 1 aromatic heterocycles. The summed E-state index contributed by atoms with van der Waals surface area (Å²) >= 11 is 0. The molecule has 5 nitrogen and oxygen atoms in total. The van der Waals surface area contributed by atoms with E-state index in [0.717, 1.165) is 24.0 Å². The number of amides is 1. The van der Waals surface area contributed by atoms with E-state index in [0.29, 0.717) is 12.1 Å². The van der Waals surface area contributed by atoms with Crippen LogP contribution < -0.4 is 10.2 Å². The van der Waals surface area contributed by atoms with Crippen LogP contribution in [0.25, 0.3) is 11.0 Å². The highest BCUT2D eigenvalue weighted by Gasteiger charge is 2.07. The van der Waals surface area contributed by atoms with E-state index in [1.165, 1.54) is 5.69 Å². The fraction of sp³-hybridized carbons (Fsp3) is 0.222. The first-order chi connectivity index (χ1) is 11.2. The van der Waals surface area contributed by atoms with Gasteiger partial charge in [-0.1, -0.05) is 18.2 Å². The number of aromatic amines is 1. The van der Waals surface area contributed by atoms with Crippen molar-refractivity contribution in [2.24, 2.45) is 0 Å². The summed E-state index contributed by atoms with van der Waals surface area (Å²) in [6.45, 7) is 1.54. The van der Waals surface area contributed by atoms with E-state index in [2.05, 4.69) is 39.4 Å². The molecular formula is C18H20N4O. The largest absolute Gasteiger partial charge is 0.375 e. The van der Waals surface area contributed by atoms with Crippen LogP contribution in [0, 0.1) is 0 Å². The summed E-state index contributed by atoms with van der Waals surface area (Å²) in [7, 11) is 2.06. The van der Waals surface area contributed by atoms with Gasteiger partial charge < -0.3 is 15.2 Å². The van der Waals surface area contributed by atoms with Crippen LogP contribution in [0.2, 0.25) is 0 Å². The number of para-hydroxylation sites is 1. The lowest BCUT2D eigenvalue weighted by Crippen LogP contribution is -2.28. The highest BCUT2D eigenvalue weighted by Crippen LogP contribution is 2.12. The van der Waals surface area contributed by atoms with E-state index < -0.39 is 0 Å². The van der Waals surface area contributed by atoms with E-state index in [1.54, 1.807) is 12.4 Å². The number of rotatable bonds is 6. The maximum atomic E-state index is 12.2. The van der Waals surface area contributed by atoms with E-state index in [-0.39, 0.29) is 5.91 Å². The predicted molar refractivity (Wildman–Crippen MR) is 92.8 cm³/mol. The van der Waals surface area contributed by atoms with Crippen molar-refractivity contribution in [2.45, 2.75) is 6.42 Å². The average molecular weight is 308 g/mol. The van der Waals surface area contributed by atoms with Gasteiger partial charge in [0, 0.05) is 31.4 Å². The second-order valence-corrected chi connectivity index (χ2v) is 5.50. The van der Waals surface area contributed by atoms with Crippen molar-refractivity contribution in [3.8, 4) is 0 Å². The number of hydrogen-bond donors (Lipinski definition) is 2. The lowest BCUT2D eigenvalue weighted by molar-refractivity contribution is 0.0953. The molecule has 1 heterocycles. The zero-order chi connectivity index (χ0) is 16.1. The van der Waals surface area contributed by atoms with Gasteiger partial charge in [-0.15, -0.1) is 0 Å². The standard InChI is InChI=1S/C18H20N4O/c1-22(15-6-3-2-4-7-15)11-5-10-19-18(23)14-8-9-16-17(12-14)21-13-20-16/h2-4,6-9,12-13H,5,10-11H2,1H3,(H,19,23)(H,20,21). The molecule has 0 aliphatic heterocycles. The summed E-state index contributed by atoms with van der Waals surface area (Å²) in [6.07, 6.45) is 2.52. The lowest BCUT2D eigenvalue weighted by atomic mass is 10.2. The Morgan fingerprint density at radius 3 is 2.87 bits per heavy atom. The lowest BCUT2D eigenvalue weighted by Gasteiger charge is -2.19. The average Bonchev–Trinajstić information content (AvgIpc) is 3.06. The molecule has 2 N–H and O–H groups in total. The fourth-order valence-electron chi connectivity index (χ4n) is 2.51. The van der Waals surface area contributed by atoms with Crippen LogP contribution >= 0.6 is 0 Å². The molecule has 5 heteroatoms. The minimum absolute atomic E-state index is 0.0520. The van der Waals surface area contributed by atoms with Crippen LogP contribution in [0.3, 0.4) is 0 Å². The summed E-state index contributed by atoms with van der Waals surface area (Å²) in [4.78, 5) is 21.5. The molecule has 3 aromatic rings. The van der Waals surface area contributed by atoms with Crippen molar-refractivity contribution in [1.29, 1.82) is 0 Å². The van der Waals surface area contributed by atoms with Gasteiger partial charge in [0.15, 0.2) is 0 Å². The first kappa shape index (κ1) is 15.1. The highest BCUT2D eigenvalue weighted by molar-refractivity contribution is 5.97. The molecule has 0 aliphatic carbocycles. The van der Waals surface area contributed by atoms with Crippen molar-refractivity contribution < 1.29 is 4.79 Å². The Kier molecular flexibility index (Phi) is 4.57. The van der Waals surface area contributed by atoms with Crippen molar-refractivity contribution >= 4 is 22.6 Å². The Labute approximate surface area is 135 Å². The number of nitrogens with zero attached hydrogens (tertiary/aromatic N) is 2. The van der Waals surface area contributed by atoms with Crippen LogP contribution in [0.5, 0.6) is 0 Å². The number of nitrogens with one attached hydrogen (secondary N) is 2. The number of carbonyl (C=O) groups excluding carboxylic acids is 1. The second-order valence-electron chi connectivity index (χ2n) is 5.50. The van der Waals surface area contributed by atoms with Gasteiger partial charge in [0.25, 0.3) is 5.91 Å². The molecule has 2 aromatic carbocycles. The Morgan fingerprint density at radius 1 is 1.22 bits per heavy atom. The Hall–Kier alpha value is -2.82. The Bertz CT molecular complexity index is 782. The second kappa shape index (κ2) is 6.96. The number of benzene rings is 2. The molecule has 0 unspecified atom stereocenters. The van der Waals surface area contributed by atoms with Gasteiger partial charge in [0.2, 0.25) is 0 Å². The molecular weight excluding hydrogens is 288 g/mol. The van der Waals surface area contributed by atoms with Crippen molar-refractivity contribution in [1.82, 2.24) is 15.3 Å². The fourth-order valence-corrected chi connectivity index (χ4v) is 2.51. The summed E-state index contributed by atoms with van der Waals surface area (Å²) in [5, 5.41) is 2.96. The molecule has 0 saturated heterocycles. The third-order valence-electron chi connectivity index (χ3n) is 3.84. The zero-order valence-corrected chi connectivity index (χ0v) is 13.1. The van der Waals surface area contributed by atoms with Crippen LogP contribution in [0.4, 0.5) is 5.69 Å². The van der Waals surface area contributed by atoms with Crippen molar-refractivity contribution in [3.05, 3.63) is 60.4 Å². The van der Waals surface area contributed by atoms with Gasteiger partial charge in [-0.3, -0.25) is 4.79 Å². The monoisotopic (exact) mass is 308 g/mol. The number of hydrogen-bond acceptors (Lipinski definition) is 3. The number of aromatic nitrogens is 2. The molecule has 118 valence electrons. The SMILES string of the molecule is CN(CCCNC(=O)c1ccc2nc[nH]c2c1)c1ccccc1. The molecule has 0 bridgehead atoms. The molecule has 0 fully saturated rings. The van der Waals surface area contributed by atoms with Crippen molar-refractivity contribution in [2.75, 3.05) is 25.0 Å². The summed E-state index contributed by atoms with van der Waals surface area (Å²) < 4.78 is 0. The van der Waals surface area contributed by atoms with Crippen molar-refractivity contribution in [3.63, 3.8) is 0 Å².